The van der Waals surface area contributed by atoms with Gasteiger partial charge >= 0.3 is 6.03 Å². The van der Waals surface area contributed by atoms with Gasteiger partial charge in [-0.15, -0.1) is 10.2 Å². The number of amides is 2. The van der Waals surface area contributed by atoms with Crippen molar-refractivity contribution in [2.75, 3.05) is 11.9 Å². The van der Waals surface area contributed by atoms with E-state index in [0.717, 1.165) is 10.6 Å². The summed E-state index contributed by atoms with van der Waals surface area (Å²) in [7, 11) is 0. The van der Waals surface area contributed by atoms with Gasteiger partial charge in [0.05, 0.1) is 0 Å². The van der Waals surface area contributed by atoms with Crippen LogP contribution in [0.15, 0.2) is 24.3 Å². The number of aromatic nitrogens is 2. The highest BCUT2D eigenvalue weighted by Crippen LogP contribution is 2.18. The highest BCUT2D eigenvalue weighted by atomic mass is 32.1. The van der Waals surface area contributed by atoms with E-state index in [0.29, 0.717) is 11.6 Å². The van der Waals surface area contributed by atoms with E-state index >= 15 is 0 Å². The lowest BCUT2D eigenvalue weighted by atomic mass is 10.1. The highest BCUT2D eigenvalue weighted by molar-refractivity contribution is 7.15. The largest absolute Gasteiger partial charge is 0.396 e. The molecule has 0 bridgehead atoms. The summed E-state index contributed by atoms with van der Waals surface area (Å²) in [5.41, 5.74) is 2.38. The van der Waals surface area contributed by atoms with Gasteiger partial charge in [0, 0.05) is 19.1 Å². The number of hydrogen-bond donors (Lipinski definition) is 3. The lowest BCUT2D eigenvalue weighted by molar-refractivity contribution is 0.204. The van der Waals surface area contributed by atoms with Crippen molar-refractivity contribution in [3.8, 4) is 0 Å². The number of carbonyl (C=O) groups is 1. The van der Waals surface area contributed by atoms with Crippen LogP contribution in [0.4, 0.5) is 9.93 Å². The second-order valence-corrected chi connectivity index (χ2v) is 6.77. The number of aliphatic hydroxyl groups excluding tert-OH is 1. The van der Waals surface area contributed by atoms with Crippen molar-refractivity contribution < 1.29 is 9.90 Å². The van der Waals surface area contributed by atoms with E-state index in [2.05, 4.69) is 45.1 Å². The Balaban J connectivity index is 1.89. The van der Waals surface area contributed by atoms with E-state index in [-0.39, 0.29) is 24.6 Å². The van der Waals surface area contributed by atoms with E-state index in [1.165, 1.54) is 16.9 Å². The minimum absolute atomic E-state index is 0.00716. The number of nitrogens with one attached hydrogen (secondary N) is 2. The van der Waals surface area contributed by atoms with Gasteiger partial charge in [-0.3, -0.25) is 5.32 Å². The standard InChI is InChI=1S/C16H22N4O2S/c1-10-4-6-13(7-5-10)8-14-19-20-16(23-14)18-15(22)17-12(3)11(2)9-21/h4-7,11-12,21H,8-9H2,1-3H3,(H2,17,18,20,22). The van der Waals surface area contributed by atoms with Crippen LogP contribution in [0.3, 0.4) is 0 Å². The van der Waals surface area contributed by atoms with E-state index in [1.807, 2.05) is 20.8 Å². The molecular weight excluding hydrogens is 312 g/mol. The van der Waals surface area contributed by atoms with Crippen LogP contribution in [0.2, 0.25) is 0 Å². The fourth-order valence-electron chi connectivity index (χ4n) is 1.90. The first-order valence-corrected chi connectivity index (χ1v) is 8.36. The Morgan fingerprint density at radius 2 is 1.96 bits per heavy atom. The molecule has 1 heterocycles. The van der Waals surface area contributed by atoms with Crippen LogP contribution in [-0.2, 0) is 6.42 Å². The molecule has 3 N–H and O–H groups in total. The third-order valence-electron chi connectivity index (χ3n) is 3.66. The zero-order valence-corrected chi connectivity index (χ0v) is 14.4. The lowest BCUT2D eigenvalue weighted by Crippen LogP contribution is -2.40. The second-order valence-electron chi connectivity index (χ2n) is 5.71. The van der Waals surface area contributed by atoms with Gasteiger partial charge in [0.25, 0.3) is 0 Å². The maximum Gasteiger partial charge on any atom is 0.321 e. The van der Waals surface area contributed by atoms with Crippen molar-refractivity contribution in [2.24, 2.45) is 5.92 Å². The maximum atomic E-state index is 11.9. The van der Waals surface area contributed by atoms with E-state index in [4.69, 9.17) is 5.11 Å². The molecule has 2 atom stereocenters. The van der Waals surface area contributed by atoms with Gasteiger partial charge in [0.1, 0.15) is 5.01 Å². The number of anilines is 1. The fraction of sp³-hybridized carbons (Fsp3) is 0.438. The van der Waals surface area contributed by atoms with Crippen molar-refractivity contribution >= 4 is 22.5 Å². The Labute approximate surface area is 140 Å². The van der Waals surface area contributed by atoms with Gasteiger partial charge < -0.3 is 10.4 Å². The predicted molar refractivity (Wildman–Crippen MR) is 91.8 cm³/mol. The molecule has 7 heteroatoms. The molecule has 0 radical (unpaired) electrons. The molecule has 0 aliphatic carbocycles. The van der Waals surface area contributed by atoms with Crippen molar-refractivity contribution in [1.82, 2.24) is 15.5 Å². The molecule has 124 valence electrons. The average Bonchev–Trinajstić information content (AvgIpc) is 2.95. The maximum absolute atomic E-state index is 11.9. The Kier molecular flexibility index (Phi) is 6.06. The molecule has 0 aliphatic rings. The molecule has 23 heavy (non-hydrogen) atoms. The Hall–Kier alpha value is -1.99. The molecule has 2 aromatic rings. The Bertz CT molecular complexity index is 642. The van der Waals surface area contributed by atoms with Gasteiger partial charge in [-0.2, -0.15) is 0 Å². The molecule has 0 saturated heterocycles. The van der Waals surface area contributed by atoms with E-state index in [1.54, 1.807) is 0 Å². The number of urea groups is 1. The zero-order valence-electron chi connectivity index (χ0n) is 13.5. The molecule has 0 aliphatic heterocycles. The summed E-state index contributed by atoms with van der Waals surface area (Å²) < 4.78 is 0. The minimum atomic E-state index is -0.337. The highest BCUT2D eigenvalue weighted by Gasteiger charge is 2.15. The van der Waals surface area contributed by atoms with Gasteiger partial charge in [-0.1, -0.05) is 48.1 Å². The summed E-state index contributed by atoms with van der Waals surface area (Å²) in [6.45, 7) is 5.80. The molecule has 0 saturated carbocycles. The van der Waals surface area contributed by atoms with Gasteiger partial charge in [-0.25, -0.2) is 4.79 Å². The first-order valence-electron chi connectivity index (χ1n) is 7.54. The summed E-state index contributed by atoms with van der Waals surface area (Å²) in [5, 5.41) is 23.9. The lowest BCUT2D eigenvalue weighted by Gasteiger charge is -2.18. The van der Waals surface area contributed by atoms with Crippen LogP contribution in [-0.4, -0.2) is 34.0 Å². The summed E-state index contributed by atoms with van der Waals surface area (Å²) in [4.78, 5) is 11.9. The number of nitrogens with zero attached hydrogens (tertiary/aromatic N) is 2. The molecule has 6 nitrogen and oxygen atoms in total. The number of hydrogen-bond acceptors (Lipinski definition) is 5. The zero-order chi connectivity index (χ0) is 16.8. The summed E-state index contributed by atoms with van der Waals surface area (Å²) in [5.74, 6) is -0.00716. The first kappa shape index (κ1) is 17.4. The monoisotopic (exact) mass is 334 g/mol. The first-order chi connectivity index (χ1) is 11.0. The molecule has 2 unspecified atom stereocenters. The average molecular weight is 334 g/mol. The number of aryl methyl sites for hydroxylation is 1. The van der Waals surface area contributed by atoms with Crippen LogP contribution in [0.5, 0.6) is 0 Å². The van der Waals surface area contributed by atoms with Crippen molar-refractivity contribution in [3.05, 3.63) is 40.4 Å². The molecule has 1 aromatic heterocycles. The number of rotatable bonds is 6. The third-order valence-corrected chi connectivity index (χ3v) is 4.50. The molecule has 2 amide bonds. The molecule has 0 fully saturated rings. The SMILES string of the molecule is Cc1ccc(Cc2nnc(NC(=O)NC(C)C(C)CO)s2)cc1. The predicted octanol–water partition coefficient (Wildman–Crippen LogP) is 2.58. The van der Waals surface area contributed by atoms with Crippen molar-refractivity contribution in [1.29, 1.82) is 0 Å². The van der Waals surface area contributed by atoms with Gasteiger partial charge in [-0.05, 0) is 25.3 Å². The number of benzene rings is 1. The van der Waals surface area contributed by atoms with E-state index < -0.39 is 0 Å². The van der Waals surface area contributed by atoms with Crippen molar-refractivity contribution in [3.63, 3.8) is 0 Å². The van der Waals surface area contributed by atoms with Gasteiger partial charge in [0.15, 0.2) is 0 Å². The van der Waals surface area contributed by atoms with Crippen LogP contribution >= 0.6 is 11.3 Å². The van der Waals surface area contributed by atoms with Crippen LogP contribution in [0.25, 0.3) is 0 Å². The fourth-order valence-corrected chi connectivity index (χ4v) is 2.67. The Morgan fingerprint density at radius 1 is 1.26 bits per heavy atom. The Morgan fingerprint density at radius 3 is 2.61 bits per heavy atom. The quantitative estimate of drug-likeness (QED) is 0.758. The number of carbonyl (C=O) groups excluding carboxylic acids is 1. The third kappa shape index (κ3) is 5.30. The minimum Gasteiger partial charge on any atom is -0.396 e. The molecular formula is C16H22N4O2S. The topological polar surface area (TPSA) is 87.1 Å². The normalized spacial score (nSPS) is 13.4. The summed E-state index contributed by atoms with van der Waals surface area (Å²) >= 11 is 1.36. The number of aliphatic hydroxyl groups is 1. The van der Waals surface area contributed by atoms with Crippen molar-refractivity contribution in [2.45, 2.75) is 33.2 Å². The molecule has 2 rings (SSSR count). The van der Waals surface area contributed by atoms with Crippen LogP contribution in [0.1, 0.15) is 30.0 Å². The second kappa shape index (κ2) is 8.03. The smallest absolute Gasteiger partial charge is 0.321 e. The summed E-state index contributed by atoms with van der Waals surface area (Å²) in [6.07, 6.45) is 0.694. The molecule has 1 aromatic carbocycles. The van der Waals surface area contributed by atoms with Gasteiger partial charge in [0.2, 0.25) is 5.13 Å². The van der Waals surface area contributed by atoms with Crippen LogP contribution in [0, 0.1) is 12.8 Å². The van der Waals surface area contributed by atoms with Crippen LogP contribution < -0.4 is 10.6 Å². The summed E-state index contributed by atoms with van der Waals surface area (Å²) in [6, 6.07) is 7.79. The van der Waals surface area contributed by atoms with E-state index in [9.17, 15) is 4.79 Å². The molecule has 0 spiro atoms.